The van der Waals surface area contributed by atoms with E-state index in [-0.39, 0.29) is 23.7 Å². The number of carbonyl (C=O) groups excluding carboxylic acids is 1. The third kappa shape index (κ3) is 3.45. The largest absolute Gasteiger partial charge is 0.504 e. The Labute approximate surface area is 227 Å². The topological polar surface area (TPSA) is 85.6 Å². The molecule has 1 saturated carbocycles. The number of benzene rings is 2. The van der Waals surface area contributed by atoms with Crippen LogP contribution in [-0.4, -0.2) is 75.0 Å². The van der Waals surface area contributed by atoms with Gasteiger partial charge in [0.25, 0.3) is 0 Å². The van der Waals surface area contributed by atoms with E-state index in [9.17, 15) is 15.0 Å². The molecule has 2 aromatic rings. The van der Waals surface area contributed by atoms with Crippen LogP contribution in [0.4, 0.5) is 5.69 Å². The normalized spacial score (nSPS) is 30.7. The molecule has 2 N–H and O–H groups in total. The zero-order valence-corrected chi connectivity index (χ0v) is 22.2. The number of aliphatic hydroxyl groups is 1. The lowest BCUT2D eigenvalue weighted by Gasteiger charge is -2.64. The van der Waals surface area contributed by atoms with Crippen molar-refractivity contribution in [2.24, 2.45) is 4.99 Å². The quantitative estimate of drug-likeness (QED) is 0.255. The van der Waals surface area contributed by atoms with Gasteiger partial charge in [0, 0.05) is 31.3 Å². The van der Waals surface area contributed by atoms with E-state index < -0.39 is 17.1 Å². The number of phenols is 1. The summed E-state index contributed by atoms with van der Waals surface area (Å²) in [6, 6.07) is 10.7. The number of ether oxygens (including phenoxy) is 1. The molecule has 2 fully saturated rings. The van der Waals surface area contributed by atoms with Gasteiger partial charge in [-0.15, -0.1) is 6.58 Å². The third-order valence-electron chi connectivity index (χ3n) is 9.21. The molecule has 4 aliphatic rings. The van der Waals surface area contributed by atoms with Crippen molar-refractivity contribution in [3.05, 3.63) is 71.8 Å². The molecule has 2 aliphatic heterocycles. The Balaban J connectivity index is 1.35. The van der Waals surface area contributed by atoms with Crippen LogP contribution >= 0.6 is 12.2 Å². The van der Waals surface area contributed by atoms with Crippen LogP contribution in [-0.2, 0) is 16.6 Å². The van der Waals surface area contributed by atoms with Gasteiger partial charge < -0.3 is 19.8 Å². The molecule has 2 heterocycles. The van der Waals surface area contributed by atoms with Crippen molar-refractivity contribution < 1.29 is 19.7 Å². The molecule has 5 atom stereocenters. The zero-order chi connectivity index (χ0) is 26.7. The summed E-state index contributed by atoms with van der Waals surface area (Å²) in [7, 11) is 1.80. The SMILES string of the molecule is C=CCN1CC[C@]23c4c5ccc(O)c4OC2C(N(C)C(=O)/C=C/c2cccc(N=C=S)c2)CC[C@@]3(O)[C@H]1C5. The summed E-state index contributed by atoms with van der Waals surface area (Å²) in [5.74, 6) is 0.412. The molecule has 8 heteroatoms. The average molecular weight is 530 g/mol. The lowest BCUT2D eigenvalue weighted by molar-refractivity contribution is -0.198. The Hall–Kier alpha value is -3.29. The van der Waals surface area contributed by atoms with Gasteiger partial charge in [-0.05, 0) is 79.8 Å². The number of hydrogen-bond donors (Lipinski definition) is 2. The Morgan fingerprint density at radius 1 is 1.37 bits per heavy atom. The number of carbonyl (C=O) groups is 1. The van der Waals surface area contributed by atoms with E-state index >= 15 is 0 Å². The number of hydrogen-bond acceptors (Lipinski definition) is 7. The first-order valence-electron chi connectivity index (χ1n) is 13.1. The van der Waals surface area contributed by atoms with Crippen LogP contribution in [0.1, 0.15) is 36.0 Å². The maximum Gasteiger partial charge on any atom is 0.246 e. The van der Waals surface area contributed by atoms with E-state index in [0.717, 1.165) is 23.2 Å². The molecule has 7 nitrogen and oxygen atoms in total. The number of phenolic OH excluding ortho intramolecular Hbond substituents is 1. The fraction of sp³-hybridized carbons (Fsp3) is 0.400. The molecule has 0 aromatic heterocycles. The van der Waals surface area contributed by atoms with Crippen LogP contribution in [0.3, 0.4) is 0 Å². The summed E-state index contributed by atoms with van der Waals surface area (Å²) >= 11 is 4.69. The van der Waals surface area contributed by atoms with Gasteiger partial charge in [-0.3, -0.25) is 9.69 Å². The summed E-state index contributed by atoms with van der Waals surface area (Å²) in [5.41, 5.74) is 1.85. The monoisotopic (exact) mass is 529 g/mol. The number of aliphatic imine (C=N–C) groups is 1. The summed E-state index contributed by atoms with van der Waals surface area (Å²) < 4.78 is 6.56. The minimum Gasteiger partial charge on any atom is -0.504 e. The summed E-state index contributed by atoms with van der Waals surface area (Å²) in [6.45, 7) is 5.43. The predicted molar refractivity (Wildman–Crippen MR) is 149 cm³/mol. The van der Waals surface area contributed by atoms with E-state index in [0.29, 0.717) is 43.7 Å². The van der Waals surface area contributed by atoms with Crippen LogP contribution in [0.5, 0.6) is 11.5 Å². The third-order valence-corrected chi connectivity index (χ3v) is 9.31. The highest BCUT2D eigenvalue weighted by atomic mass is 32.1. The molecule has 196 valence electrons. The molecular formula is C30H31N3O4S. The molecule has 1 spiro atoms. The van der Waals surface area contributed by atoms with Crippen LogP contribution in [0.25, 0.3) is 6.08 Å². The first-order valence-corrected chi connectivity index (χ1v) is 13.5. The zero-order valence-electron chi connectivity index (χ0n) is 21.3. The van der Waals surface area contributed by atoms with Crippen molar-refractivity contribution in [2.45, 2.75) is 54.9 Å². The molecule has 2 unspecified atom stereocenters. The second-order valence-corrected chi connectivity index (χ2v) is 11.0. The molecule has 38 heavy (non-hydrogen) atoms. The molecule has 2 aromatic carbocycles. The van der Waals surface area contributed by atoms with E-state index in [4.69, 9.17) is 17.0 Å². The number of likely N-dealkylation sites (N-methyl/N-ethyl adjacent to an activating group) is 1. The van der Waals surface area contributed by atoms with Gasteiger partial charge >= 0.3 is 0 Å². The minimum absolute atomic E-state index is 0.0764. The smallest absolute Gasteiger partial charge is 0.246 e. The van der Waals surface area contributed by atoms with Gasteiger partial charge in [-0.2, -0.15) is 4.99 Å². The molecule has 1 saturated heterocycles. The number of likely N-dealkylation sites (tertiary alicyclic amines) is 1. The van der Waals surface area contributed by atoms with Crippen molar-refractivity contribution >= 4 is 35.0 Å². The second-order valence-electron chi connectivity index (χ2n) is 10.8. The van der Waals surface area contributed by atoms with Gasteiger partial charge in [0.1, 0.15) is 6.10 Å². The van der Waals surface area contributed by atoms with Crippen molar-refractivity contribution in [3.8, 4) is 11.5 Å². The Bertz CT molecular complexity index is 1400. The molecule has 2 bridgehead atoms. The van der Waals surface area contributed by atoms with Crippen molar-refractivity contribution in [1.29, 1.82) is 0 Å². The summed E-state index contributed by atoms with van der Waals surface area (Å²) in [6.07, 6.45) is 7.27. The number of rotatable bonds is 6. The highest BCUT2D eigenvalue weighted by Gasteiger charge is 2.73. The van der Waals surface area contributed by atoms with Crippen LogP contribution in [0.15, 0.2) is 60.1 Å². The molecule has 6 rings (SSSR count). The minimum atomic E-state index is -1.02. The lowest BCUT2D eigenvalue weighted by atomic mass is 9.48. The average Bonchev–Trinajstić information content (AvgIpc) is 3.26. The standard InChI is InChI=1S/C30H31N3O4S/c1-3-14-33-15-13-29-26-20-8-9-23(34)27(26)37-28(29)22(11-12-30(29,36)24(33)17-20)32(2)25(35)10-7-19-5-4-6-21(16-19)31-18-38/h3-10,16,22,24,28,34,36H,1,11-15,17H2,2H3/b10-7+/t22?,24-,28?,29+,30-/m1/s1. The lowest BCUT2D eigenvalue weighted by Crippen LogP contribution is -2.78. The van der Waals surface area contributed by atoms with Crippen LogP contribution < -0.4 is 4.74 Å². The number of amides is 1. The van der Waals surface area contributed by atoms with Crippen LogP contribution in [0, 0.1) is 0 Å². The molecule has 1 amide bonds. The number of nitrogens with zero attached hydrogens (tertiary/aromatic N) is 3. The summed E-state index contributed by atoms with van der Waals surface area (Å²) in [5, 5.41) is 25.6. The summed E-state index contributed by atoms with van der Waals surface area (Å²) in [4.78, 5) is 21.5. The maximum absolute atomic E-state index is 13.4. The van der Waals surface area contributed by atoms with E-state index in [1.54, 1.807) is 30.2 Å². The van der Waals surface area contributed by atoms with Gasteiger partial charge in [0.05, 0.1) is 27.9 Å². The van der Waals surface area contributed by atoms with E-state index in [1.165, 1.54) is 0 Å². The van der Waals surface area contributed by atoms with Crippen molar-refractivity contribution in [3.63, 3.8) is 0 Å². The Morgan fingerprint density at radius 2 is 2.21 bits per heavy atom. The van der Waals surface area contributed by atoms with E-state index in [2.05, 4.69) is 21.6 Å². The molecule has 2 aliphatic carbocycles. The fourth-order valence-corrected chi connectivity index (χ4v) is 7.69. The Kier molecular flexibility index (Phi) is 6.04. The molecule has 0 radical (unpaired) electrons. The maximum atomic E-state index is 13.4. The van der Waals surface area contributed by atoms with Gasteiger partial charge in [0.15, 0.2) is 11.5 Å². The second kappa shape index (κ2) is 9.17. The fourth-order valence-electron chi connectivity index (χ4n) is 7.58. The predicted octanol–water partition coefficient (Wildman–Crippen LogP) is 4.01. The Morgan fingerprint density at radius 3 is 3.00 bits per heavy atom. The van der Waals surface area contributed by atoms with Crippen LogP contribution in [0.2, 0.25) is 0 Å². The number of thiocarbonyl (C=S) groups is 1. The van der Waals surface area contributed by atoms with E-state index in [1.807, 2.05) is 36.4 Å². The van der Waals surface area contributed by atoms with Gasteiger partial charge in [-0.1, -0.05) is 24.3 Å². The first kappa shape index (κ1) is 25.0. The highest BCUT2D eigenvalue weighted by molar-refractivity contribution is 7.78. The first-order chi connectivity index (χ1) is 18.3. The highest BCUT2D eigenvalue weighted by Crippen LogP contribution is 2.65. The number of aromatic hydroxyl groups is 1. The van der Waals surface area contributed by atoms with Gasteiger partial charge in [0.2, 0.25) is 5.91 Å². The number of piperidine rings is 1. The van der Waals surface area contributed by atoms with Gasteiger partial charge in [-0.25, -0.2) is 0 Å². The molecular weight excluding hydrogens is 498 g/mol. The van der Waals surface area contributed by atoms with Crippen molar-refractivity contribution in [2.75, 3.05) is 20.1 Å². The number of isothiocyanates is 1. The van der Waals surface area contributed by atoms with Crippen molar-refractivity contribution in [1.82, 2.24) is 9.80 Å².